The highest BCUT2D eigenvalue weighted by molar-refractivity contribution is 7.80. The summed E-state index contributed by atoms with van der Waals surface area (Å²) in [4.78, 5) is 30.2. The predicted molar refractivity (Wildman–Crippen MR) is 155 cm³/mol. The van der Waals surface area contributed by atoms with Crippen LogP contribution in [0.1, 0.15) is 52.0 Å². The molecule has 1 aliphatic rings. The molecule has 1 saturated heterocycles. The molecule has 5 rings (SSSR count). The van der Waals surface area contributed by atoms with Crippen molar-refractivity contribution < 1.29 is 14.3 Å². The van der Waals surface area contributed by atoms with E-state index in [1.54, 1.807) is 18.3 Å². The van der Waals surface area contributed by atoms with Crippen molar-refractivity contribution in [1.29, 1.82) is 0 Å². The van der Waals surface area contributed by atoms with E-state index in [2.05, 4.69) is 45.0 Å². The van der Waals surface area contributed by atoms with Gasteiger partial charge in [0.05, 0.1) is 30.5 Å². The molecule has 0 aliphatic carbocycles. The molecular formula is C30H29N5O3S. The Labute approximate surface area is 232 Å². The van der Waals surface area contributed by atoms with Gasteiger partial charge in [0, 0.05) is 41.6 Å². The summed E-state index contributed by atoms with van der Waals surface area (Å²) in [7, 11) is 1.37. The number of rotatable bonds is 6. The van der Waals surface area contributed by atoms with Crippen molar-refractivity contribution in [3.8, 4) is 5.69 Å². The van der Waals surface area contributed by atoms with Crippen molar-refractivity contribution in [3.05, 3.63) is 107 Å². The lowest BCUT2D eigenvalue weighted by Gasteiger charge is -2.28. The number of nitrogens with zero attached hydrogens (tertiary/aromatic N) is 3. The van der Waals surface area contributed by atoms with Gasteiger partial charge in [-0.1, -0.05) is 6.07 Å². The Balaban J connectivity index is 1.60. The molecule has 198 valence electrons. The van der Waals surface area contributed by atoms with Crippen molar-refractivity contribution >= 4 is 40.6 Å². The van der Waals surface area contributed by atoms with Crippen LogP contribution in [0, 0.1) is 13.8 Å². The van der Waals surface area contributed by atoms with Gasteiger partial charge in [-0.3, -0.25) is 9.78 Å². The second-order valence-electron chi connectivity index (χ2n) is 9.43. The van der Waals surface area contributed by atoms with Crippen molar-refractivity contribution in [1.82, 2.24) is 14.9 Å². The molecular weight excluding hydrogens is 510 g/mol. The fourth-order valence-corrected chi connectivity index (χ4v) is 5.55. The zero-order valence-electron chi connectivity index (χ0n) is 22.1. The normalized spacial score (nSPS) is 16.6. The number of hydrogen-bond acceptors (Lipinski definition) is 5. The molecule has 1 aliphatic heterocycles. The molecule has 8 nitrogen and oxygen atoms in total. The smallest absolute Gasteiger partial charge is 0.337 e. The monoisotopic (exact) mass is 539 g/mol. The summed E-state index contributed by atoms with van der Waals surface area (Å²) in [5, 5.41) is 6.91. The number of hydrogen-bond donors (Lipinski definition) is 2. The van der Waals surface area contributed by atoms with E-state index >= 15 is 0 Å². The Morgan fingerprint density at radius 2 is 1.69 bits per heavy atom. The van der Waals surface area contributed by atoms with Gasteiger partial charge in [0.15, 0.2) is 5.11 Å². The average molecular weight is 540 g/mol. The number of pyridine rings is 1. The summed E-state index contributed by atoms with van der Waals surface area (Å²) in [6.07, 6.45) is 1.79. The van der Waals surface area contributed by atoms with Crippen LogP contribution >= 0.6 is 12.2 Å². The van der Waals surface area contributed by atoms with E-state index in [9.17, 15) is 9.59 Å². The number of nitrogens with one attached hydrogen (secondary N) is 2. The van der Waals surface area contributed by atoms with Crippen LogP contribution in [0.15, 0.2) is 79.0 Å². The molecule has 0 bridgehead atoms. The minimum absolute atomic E-state index is 0.124. The van der Waals surface area contributed by atoms with Gasteiger partial charge in [0.2, 0.25) is 5.91 Å². The molecule has 9 heteroatoms. The van der Waals surface area contributed by atoms with Gasteiger partial charge in [0.25, 0.3) is 0 Å². The first-order valence-corrected chi connectivity index (χ1v) is 12.9. The minimum atomic E-state index is -0.368. The molecule has 1 fully saturated rings. The number of ether oxygens (including phenoxy) is 1. The summed E-state index contributed by atoms with van der Waals surface area (Å²) in [6, 6.07) is 22.7. The second-order valence-corrected chi connectivity index (χ2v) is 9.81. The molecule has 2 aromatic carbocycles. The molecule has 0 radical (unpaired) electrons. The number of anilines is 2. The maximum atomic E-state index is 11.9. The van der Waals surface area contributed by atoms with Crippen molar-refractivity contribution in [2.75, 3.05) is 17.3 Å². The molecule has 2 aromatic heterocycles. The van der Waals surface area contributed by atoms with E-state index in [-0.39, 0.29) is 24.0 Å². The summed E-state index contributed by atoms with van der Waals surface area (Å²) in [5.74, 6) is -0.492. The number of carbonyl (C=O) groups excluding carboxylic acids is 2. The zero-order valence-corrected chi connectivity index (χ0v) is 23.0. The number of carbonyl (C=O) groups is 2. The number of methoxy groups -OCH3 is 1. The molecule has 0 unspecified atom stereocenters. The van der Waals surface area contributed by atoms with Gasteiger partial charge in [-0.05, 0) is 98.4 Å². The third-order valence-corrected chi connectivity index (χ3v) is 7.21. The Bertz CT molecular complexity index is 1530. The molecule has 3 heterocycles. The first kappa shape index (κ1) is 26.1. The van der Waals surface area contributed by atoms with Crippen LogP contribution in [0.5, 0.6) is 0 Å². The minimum Gasteiger partial charge on any atom is -0.465 e. The molecule has 0 spiro atoms. The largest absolute Gasteiger partial charge is 0.465 e. The maximum Gasteiger partial charge on any atom is 0.337 e. The SMILES string of the molecule is COC(=O)c1ccc(-n2c(C)cc([C@@H]3[C@@H](c4ccccn4)NC(=S)N3c3ccc(NC(C)=O)cc3)c2C)cc1. The lowest BCUT2D eigenvalue weighted by Crippen LogP contribution is -2.29. The number of aryl methyl sites for hydroxylation is 1. The summed E-state index contributed by atoms with van der Waals surface area (Å²) in [6.45, 7) is 5.64. The third-order valence-electron chi connectivity index (χ3n) is 6.90. The number of benzene rings is 2. The standard InChI is InChI=1S/C30H29N5O3S/c1-18-17-25(19(2)34(18)23-12-8-21(9-13-23)29(37)38-4)28-27(26-7-5-6-16-31-26)33-30(39)35(28)24-14-10-22(11-15-24)32-20(3)36/h5-17,27-28H,1-4H3,(H,32,36)(H,33,39)/t27-,28-/m1/s1. The van der Waals surface area contributed by atoms with Gasteiger partial charge in [-0.25, -0.2) is 4.79 Å². The zero-order chi connectivity index (χ0) is 27.7. The summed E-state index contributed by atoms with van der Waals surface area (Å²) in [5.41, 5.74) is 7.14. The van der Waals surface area contributed by atoms with Crippen LogP contribution in [-0.4, -0.2) is 33.6 Å². The molecule has 1 amide bonds. The first-order chi connectivity index (χ1) is 18.8. The highest BCUT2D eigenvalue weighted by Gasteiger charge is 2.42. The van der Waals surface area contributed by atoms with Gasteiger partial charge < -0.3 is 24.8 Å². The van der Waals surface area contributed by atoms with Crippen molar-refractivity contribution in [3.63, 3.8) is 0 Å². The fraction of sp³-hybridized carbons (Fsp3) is 0.200. The van der Waals surface area contributed by atoms with Crippen LogP contribution < -0.4 is 15.5 Å². The molecule has 2 atom stereocenters. The highest BCUT2D eigenvalue weighted by Crippen LogP contribution is 2.44. The molecule has 2 N–H and O–H groups in total. The summed E-state index contributed by atoms with van der Waals surface area (Å²) < 4.78 is 7.02. The maximum absolute atomic E-state index is 11.9. The van der Waals surface area contributed by atoms with E-state index in [0.717, 1.165) is 39.7 Å². The number of aromatic nitrogens is 2. The topological polar surface area (TPSA) is 88.5 Å². The van der Waals surface area contributed by atoms with Crippen LogP contribution in [-0.2, 0) is 9.53 Å². The first-order valence-electron chi connectivity index (χ1n) is 12.5. The third kappa shape index (κ3) is 5.00. The van der Waals surface area contributed by atoms with E-state index in [0.29, 0.717) is 10.7 Å². The van der Waals surface area contributed by atoms with E-state index in [1.807, 2.05) is 54.6 Å². The van der Waals surface area contributed by atoms with Gasteiger partial charge in [0.1, 0.15) is 0 Å². The molecule has 39 heavy (non-hydrogen) atoms. The van der Waals surface area contributed by atoms with Crippen molar-refractivity contribution in [2.45, 2.75) is 32.9 Å². The van der Waals surface area contributed by atoms with Crippen molar-refractivity contribution in [2.24, 2.45) is 0 Å². The van der Waals surface area contributed by atoms with E-state index in [1.165, 1.54) is 14.0 Å². The summed E-state index contributed by atoms with van der Waals surface area (Å²) >= 11 is 5.87. The number of thiocarbonyl (C=S) groups is 1. The molecule has 4 aromatic rings. The Morgan fingerprint density at radius 3 is 2.31 bits per heavy atom. The Kier molecular flexibility index (Phi) is 7.17. The van der Waals surface area contributed by atoms with Crippen LogP contribution in [0.4, 0.5) is 11.4 Å². The molecule has 0 saturated carbocycles. The second kappa shape index (κ2) is 10.7. The van der Waals surface area contributed by atoms with E-state index < -0.39 is 0 Å². The van der Waals surface area contributed by atoms with Crippen LogP contribution in [0.2, 0.25) is 0 Å². The average Bonchev–Trinajstić information content (AvgIpc) is 3.43. The fourth-order valence-electron chi connectivity index (χ4n) is 5.21. The van der Waals surface area contributed by atoms with Gasteiger partial charge in [-0.15, -0.1) is 0 Å². The lowest BCUT2D eigenvalue weighted by atomic mass is 9.96. The predicted octanol–water partition coefficient (Wildman–Crippen LogP) is 5.41. The Morgan fingerprint density at radius 1 is 1.00 bits per heavy atom. The Hall–Kier alpha value is -4.50. The van der Waals surface area contributed by atoms with Crippen LogP contribution in [0.25, 0.3) is 5.69 Å². The highest BCUT2D eigenvalue weighted by atomic mass is 32.1. The van der Waals surface area contributed by atoms with Gasteiger partial charge in [-0.2, -0.15) is 0 Å². The van der Waals surface area contributed by atoms with Crippen LogP contribution in [0.3, 0.4) is 0 Å². The number of amides is 1. The van der Waals surface area contributed by atoms with E-state index in [4.69, 9.17) is 17.0 Å². The van der Waals surface area contributed by atoms with Gasteiger partial charge >= 0.3 is 5.97 Å². The quantitative estimate of drug-likeness (QED) is 0.250. The number of esters is 1. The lowest BCUT2D eigenvalue weighted by molar-refractivity contribution is -0.114.